The number of likely N-dealkylation sites (tertiary alicyclic amines) is 2. The van der Waals surface area contributed by atoms with Crippen molar-refractivity contribution >= 4 is 6.03 Å². The van der Waals surface area contributed by atoms with Crippen molar-refractivity contribution in [1.82, 2.24) is 34.9 Å². The number of carbonyl (C=O) groups excluding carboxylic acids is 1. The summed E-state index contributed by atoms with van der Waals surface area (Å²) in [5, 5.41) is 6.99. The maximum atomic E-state index is 14.1. The summed E-state index contributed by atoms with van der Waals surface area (Å²) in [7, 11) is 0. The molecule has 3 saturated carbocycles. The highest BCUT2D eigenvalue weighted by atomic mass is 19.4. The highest BCUT2D eigenvalue weighted by molar-refractivity contribution is 5.77. The van der Waals surface area contributed by atoms with Crippen LogP contribution in [0.15, 0.2) is 12.4 Å². The molecule has 36 heavy (non-hydrogen) atoms. The van der Waals surface area contributed by atoms with Crippen LogP contribution in [0, 0.1) is 16.7 Å². The molecule has 12 heteroatoms. The lowest BCUT2D eigenvalue weighted by Crippen LogP contribution is -2.70. The molecule has 4 heterocycles. The van der Waals surface area contributed by atoms with Gasteiger partial charge < -0.3 is 9.80 Å². The minimum Gasteiger partial charge on any atom is -0.323 e. The quantitative estimate of drug-likeness (QED) is 0.638. The number of hydrogen-bond acceptors (Lipinski definition) is 5. The Morgan fingerprint density at radius 2 is 1.58 bits per heavy atom. The number of rotatable bonds is 4. The standard InChI is InChI=1S/C24H27F4N7O/c25-23(1-2-23)18-31-17(32-33-18)16-6-22(7-16)12-35(13-22)20(36)34-10-21(11-34)4-14(5-21)3-15-8-29-19(30-9-15)24(26,27)28/h8-9,14,16H,1-7,10-13H2,(H,31,32,33). The number of aromatic nitrogens is 5. The summed E-state index contributed by atoms with van der Waals surface area (Å²) in [6, 6.07) is 0.101. The van der Waals surface area contributed by atoms with E-state index in [1.54, 1.807) is 0 Å². The molecule has 0 aromatic carbocycles. The van der Waals surface area contributed by atoms with Gasteiger partial charge >= 0.3 is 12.2 Å². The van der Waals surface area contributed by atoms with E-state index in [0.29, 0.717) is 31.0 Å². The molecule has 5 fully saturated rings. The number of amides is 2. The van der Waals surface area contributed by atoms with E-state index >= 15 is 0 Å². The fourth-order valence-corrected chi connectivity index (χ4v) is 6.93. The molecule has 0 bridgehead atoms. The van der Waals surface area contributed by atoms with Crippen LogP contribution in [0.25, 0.3) is 0 Å². The van der Waals surface area contributed by atoms with Crippen LogP contribution in [0.3, 0.4) is 0 Å². The van der Waals surface area contributed by atoms with Gasteiger partial charge in [-0.1, -0.05) is 0 Å². The Morgan fingerprint density at radius 1 is 1.00 bits per heavy atom. The van der Waals surface area contributed by atoms with Gasteiger partial charge in [-0.2, -0.15) is 18.3 Å². The molecule has 0 atom stereocenters. The summed E-state index contributed by atoms with van der Waals surface area (Å²) in [6.07, 6.45) is 3.55. The monoisotopic (exact) mass is 505 g/mol. The summed E-state index contributed by atoms with van der Waals surface area (Å²) < 4.78 is 52.0. The van der Waals surface area contributed by atoms with Crippen LogP contribution >= 0.6 is 0 Å². The summed E-state index contributed by atoms with van der Waals surface area (Å²) >= 11 is 0. The second-order valence-corrected chi connectivity index (χ2v) is 12.0. The fraction of sp³-hybridized carbons (Fsp3) is 0.708. The van der Waals surface area contributed by atoms with Crippen molar-refractivity contribution in [2.75, 3.05) is 26.2 Å². The second-order valence-electron chi connectivity index (χ2n) is 12.0. The van der Waals surface area contributed by atoms with Gasteiger partial charge in [0.1, 0.15) is 5.82 Å². The first kappa shape index (κ1) is 22.4. The third-order valence-electron chi connectivity index (χ3n) is 8.91. The van der Waals surface area contributed by atoms with E-state index in [4.69, 9.17) is 0 Å². The summed E-state index contributed by atoms with van der Waals surface area (Å²) in [4.78, 5) is 28.0. The van der Waals surface area contributed by atoms with Gasteiger partial charge in [0, 0.05) is 55.3 Å². The molecule has 8 nitrogen and oxygen atoms in total. The topological polar surface area (TPSA) is 90.9 Å². The lowest BCUT2D eigenvalue weighted by molar-refractivity contribution is -0.145. The van der Waals surface area contributed by atoms with E-state index in [1.165, 1.54) is 12.4 Å². The largest absolute Gasteiger partial charge is 0.451 e. The number of hydrogen-bond donors (Lipinski definition) is 1. The van der Waals surface area contributed by atoms with Gasteiger partial charge in [-0.25, -0.2) is 24.1 Å². The van der Waals surface area contributed by atoms with Crippen molar-refractivity contribution in [3.8, 4) is 0 Å². The third kappa shape index (κ3) is 3.58. The van der Waals surface area contributed by atoms with Crippen LogP contribution in [0.4, 0.5) is 22.4 Å². The van der Waals surface area contributed by atoms with Gasteiger partial charge in [0.25, 0.3) is 0 Å². The minimum absolute atomic E-state index is 0.101. The molecule has 2 amide bonds. The first-order valence-corrected chi connectivity index (χ1v) is 12.6. The number of aromatic amines is 1. The smallest absolute Gasteiger partial charge is 0.323 e. The molecule has 5 aliphatic rings. The van der Waals surface area contributed by atoms with Gasteiger partial charge in [0.2, 0.25) is 5.82 Å². The van der Waals surface area contributed by atoms with Crippen molar-refractivity contribution in [3.63, 3.8) is 0 Å². The number of urea groups is 1. The van der Waals surface area contributed by atoms with E-state index in [-0.39, 0.29) is 22.8 Å². The molecule has 192 valence electrons. The molecule has 7 rings (SSSR count). The number of nitrogens with zero attached hydrogens (tertiary/aromatic N) is 6. The average molecular weight is 506 g/mol. The molecule has 1 N–H and O–H groups in total. The molecule has 0 unspecified atom stereocenters. The van der Waals surface area contributed by atoms with Crippen LogP contribution < -0.4 is 0 Å². The molecule has 2 saturated heterocycles. The van der Waals surface area contributed by atoms with Gasteiger partial charge in [-0.3, -0.25) is 5.10 Å². The molecule has 2 aliphatic heterocycles. The third-order valence-corrected chi connectivity index (χ3v) is 8.91. The first-order valence-electron chi connectivity index (χ1n) is 12.6. The van der Waals surface area contributed by atoms with E-state index in [2.05, 4.69) is 25.1 Å². The number of halogens is 4. The van der Waals surface area contributed by atoms with Gasteiger partial charge in [0.15, 0.2) is 11.5 Å². The van der Waals surface area contributed by atoms with E-state index in [1.807, 2.05) is 9.80 Å². The summed E-state index contributed by atoms with van der Waals surface area (Å²) in [5.74, 6) is 0.619. The zero-order valence-electron chi connectivity index (χ0n) is 19.7. The van der Waals surface area contributed by atoms with Gasteiger partial charge in [-0.15, -0.1) is 0 Å². The average Bonchev–Trinajstić information content (AvgIpc) is 3.27. The van der Waals surface area contributed by atoms with E-state index in [0.717, 1.165) is 63.3 Å². The Bertz CT molecular complexity index is 1180. The Labute approximate surface area is 204 Å². The Morgan fingerprint density at radius 3 is 2.14 bits per heavy atom. The van der Waals surface area contributed by atoms with Crippen LogP contribution in [-0.4, -0.2) is 67.2 Å². The maximum Gasteiger partial charge on any atom is 0.451 e. The molecule has 2 aromatic rings. The number of nitrogens with one attached hydrogen (secondary N) is 1. The highest BCUT2D eigenvalue weighted by Gasteiger charge is 2.59. The predicted molar refractivity (Wildman–Crippen MR) is 117 cm³/mol. The van der Waals surface area contributed by atoms with Crippen LogP contribution in [0.2, 0.25) is 0 Å². The predicted octanol–water partition coefficient (Wildman–Crippen LogP) is 3.83. The lowest BCUT2D eigenvalue weighted by Gasteiger charge is -2.63. The molecule has 0 radical (unpaired) electrons. The molecule has 2 aromatic heterocycles. The first-order chi connectivity index (χ1) is 17.0. The number of H-pyrrole nitrogens is 1. The molecule has 3 aliphatic carbocycles. The SMILES string of the molecule is O=C(N1CC2(CC(Cc3cnc(C(F)(F)F)nc3)C2)C1)N1CC2(CC(c3nc(C4(F)CC4)n[nH]3)C2)C1. The molecular formula is C24H27F4N7O. The van der Waals surface area contributed by atoms with Crippen molar-refractivity contribution < 1.29 is 22.4 Å². The number of alkyl halides is 4. The zero-order valence-corrected chi connectivity index (χ0v) is 19.7. The Balaban J connectivity index is 0.840. The van der Waals surface area contributed by atoms with Crippen LogP contribution in [0.1, 0.15) is 67.5 Å². The Hall–Kier alpha value is -2.79. The van der Waals surface area contributed by atoms with Crippen molar-refractivity contribution in [2.45, 2.75) is 62.7 Å². The van der Waals surface area contributed by atoms with Crippen LogP contribution in [0.5, 0.6) is 0 Å². The Kier molecular flexibility index (Phi) is 4.46. The van der Waals surface area contributed by atoms with E-state index in [9.17, 15) is 22.4 Å². The lowest BCUT2D eigenvalue weighted by atomic mass is 9.56. The normalized spacial score (nSPS) is 25.8. The summed E-state index contributed by atoms with van der Waals surface area (Å²) in [6.45, 7) is 3.03. The molecule has 2 spiro atoms. The minimum atomic E-state index is -4.52. The zero-order chi connectivity index (χ0) is 24.9. The van der Waals surface area contributed by atoms with Crippen molar-refractivity contribution in [2.24, 2.45) is 16.7 Å². The summed E-state index contributed by atoms with van der Waals surface area (Å²) in [5.41, 5.74) is -0.273. The van der Waals surface area contributed by atoms with Crippen molar-refractivity contribution in [1.29, 1.82) is 0 Å². The second kappa shape index (κ2) is 7.16. The van der Waals surface area contributed by atoms with E-state index < -0.39 is 17.7 Å². The maximum absolute atomic E-state index is 14.1. The van der Waals surface area contributed by atoms with Gasteiger partial charge in [0.05, 0.1) is 0 Å². The van der Waals surface area contributed by atoms with Gasteiger partial charge in [-0.05, 0) is 56.4 Å². The van der Waals surface area contributed by atoms with Crippen molar-refractivity contribution in [3.05, 3.63) is 35.4 Å². The fourth-order valence-electron chi connectivity index (χ4n) is 6.93. The number of carbonyl (C=O) groups is 1. The molecular weight excluding hydrogens is 478 g/mol. The van der Waals surface area contributed by atoms with Crippen LogP contribution in [-0.2, 0) is 18.3 Å². The highest BCUT2D eigenvalue weighted by Crippen LogP contribution is 2.57.